The van der Waals surface area contributed by atoms with Crippen LogP contribution in [0.15, 0.2) is 18.2 Å². The number of Topliss-reactive ketones (excluding diaryl/α,β-unsaturated/α-hetero) is 1. The molecule has 0 aliphatic heterocycles. The van der Waals surface area contributed by atoms with Crippen LogP contribution in [0.5, 0.6) is 0 Å². The minimum atomic E-state index is -4.78. The number of hydrogen-bond acceptors (Lipinski definition) is 8. The van der Waals surface area contributed by atoms with E-state index in [1.54, 1.807) is 6.07 Å². The van der Waals surface area contributed by atoms with Gasteiger partial charge in [0.1, 0.15) is 12.3 Å². The van der Waals surface area contributed by atoms with Crippen molar-refractivity contribution in [2.24, 2.45) is 16.9 Å². The maximum atomic E-state index is 13.8. The van der Waals surface area contributed by atoms with Gasteiger partial charge in [-0.1, -0.05) is 19.9 Å². The first-order valence-corrected chi connectivity index (χ1v) is 12.3. The summed E-state index contributed by atoms with van der Waals surface area (Å²) in [5, 5.41) is 17.3. The van der Waals surface area contributed by atoms with Gasteiger partial charge in [-0.15, -0.1) is 0 Å². The van der Waals surface area contributed by atoms with Crippen LogP contribution in [-0.2, 0) is 22.1 Å². The number of benzene rings is 1. The first-order chi connectivity index (χ1) is 17.3. The van der Waals surface area contributed by atoms with E-state index in [-0.39, 0.29) is 42.8 Å². The van der Waals surface area contributed by atoms with Crippen LogP contribution in [-0.4, -0.2) is 45.3 Å². The highest BCUT2D eigenvalue weighted by molar-refractivity contribution is 6.00. The van der Waals surface area contributed by atoms with Gasteiger partial charge < -0.3 is 26.6 Å². The van der Waals surface area contributed by atoms with Crippen molar-refractivity contribution >= 4 is 17.4 Å². The van der Waals surface area contributed by atoms with Crippen LogP contribution in [0, 0.1) is 5.41 Å². The van der Waals surface area contributed by atoms with Crippen LogP contribution >= 0.6 is 0 Å². The van der Waals surface area contributed by atoms with Gasteiger partial charge >= 0.3 is 12.1 Å². The first-order valence-electron chi connectivity index (χ1n) is 12.3. The summed E-state index contributed by atoms with van der Waals surface area (Å²) in [6, 6.07) is 4.61. The molecule has 12 heteroatoms. The number of aliphatic hydroxyl groups is 1. The summed E-state index contributed by atoms with van der Waals surface area (Å²) in [6.07, 6.45) is -3.54. The van der Waals surface area contributed by atoms with Crippen LogP contribution in [0.1, 0.15) is 79.5 Å². The lowest BCUT2D eigenvalue weighted by molar-refractivity contribution is -0.148. The number of nitrogens with two attached hydrogens (primary N) is 2. The summed E-state index contributed by atoms with van der Waals surface area (Å²) >= 11 is 0. The Morgan fingerprint density at radius 3 is 2.54 bits per heavy atom. The summed E-state index contributed by atoms with van der Waals surface area (Å²) < 4.78 is 48.0. The number of alkyl halides is 3. The third-order valence-electron chi connectivity index (χ3n) is 6.91. The van der Waals surface area contributed by atoms with Crippen LogP contribution < -0.4 is 16.8 Å². The molecule has 0 radical (unpaired) electrons. The van der Waals surface area contributed by atoms with E-state index in [0.717, 1.165) is 0 Å². The van der Waals surface area contributed by atoms with Gasteiger partial charge in [0.15, 0.2) is 11.5 Å². The van der Waals surface area contributed by atoms with Crippen molar-refractivity contribution in [2.45, 2.75) is 76.9 Å². The molecular weight excluding hydrogens is 491 g/mol. The van der Waals surface area contributed by atoms with E-state index in [2.05, 4.69) is 10.4 Å². The van der Waals surface area contributed by atoms with Gasteiger partial charge in [0.25, 0.3) is 0 Å². The molecule has 1 aromatic carbocycles. The Morgan fingerprint density at radius 2 is 1.95 bits per heavy atom. The van der Waals surface area contributed by atoms with Gasteiger partial charge in [0.05, 0.1) is 23.5 Å². The van der Waals surface area contributed by atoms with E-state index in [4.69, 9.17) is 16.2 Å². The maximum Gasteiger partial charge on any atom is 0.435 e. The maximum absolute atomic E-state index is 13.8. The molecule has 0 saturated heterocycles. The van der Waals surface area contributed by atoms with Crippen LogP contribution in [0.4, 0.5) is 18.9 Å². The van der Waals surface area contributed by atoms with E-state index in [9.17, 15) is 27.9 Å². The molecule has 1 heterocycles. The number of nitrogens with zero attached hydrogens (tertiary/aromatic N) is 2. The molecule has 6 N–H and O–H groups in total. The Balaban J connectivity index is 1.67. The molecule has 0 spiro atoms. The fourth-order valence-electron chi connectivity index (χ4n) is 5.20. The third-order valence-corrected chi connectivity index (χ3v) is 6.91. The monoisotopic (exact) mass is 523 g/mol. The zero-order valence-electron chi connectivity index (χ0n) is 20.8. The number of halogens is 3. The summed E-state index contributed by atoms with van der Waals surface area (Å²) in [5.41, 5.74) is 10.3. The summed E-state index contributed by atoms with van der Waals surface area (Å²) in [4.78, 5) is 24.2. The van der Waals surface area contributed by atoms with Crippen molar-refractivity contribution in [1.82, 2.24) is 9.78 Å². The molecule has 1 atom stereocenters. The number of rotatable bonds is 6. The number of aromatic nitrogens is 2. The van der Waals surface area contributed by atoms with Crippen molar-refractivity contribution < 1.29 is 32.6 Å². The van der Waals surface area contributed by atoms with Crippen LogP contribution in [0.25, 0.3) is 5.69 Å². The molecule has 2 aliphatic carbocycles. The number of carbonyl (C=O) groups excluding carboxylic acids is 2. The van der Waals surface area contributed by atoms with Gasteiger partial charge in [-0.25, -0.2) is 4.68 Å². The van der Waals surface area contributed by atoms with Crippen molar-refractivity contribution in [1.29, 1.82) is 0 Å². The Morgan fingerprint density at radius 1 is 1.27 bits per heavy atom. The zero-order valence-corrected chi connectivity index (χ0v) is 20.8. The number of hydrogen-bond donors (Lipinski definition) is 4. The number of esters is 1. The molecule has 9 nitrogen and oxygen atoms in total. The lowest BCUT2D eigenvalue weighted by Gasteiger charge is -2.31. The molecule has 1 aromatic heterocycles. The predicted molar refractivity (Wildman–Crippen MR) is 129 cm³/mol. The van der Waals surface area contributed by atoms with E-state index in [1.807, 2.05) is 13.8 Å². The van der Waals surface area contributed by atoms with Gasteiger partial charge in [0.2, 0.25) is 0 Å². The molecule has 202 valence electrons. The molecule has 4 rings (SSSR count). The molecule has 2 aliphatic rings. The summed E-state index contributed by atoms with van der Waals surface area (Å²) in [5.74, 6) is -1.04. The number of ketones is 1. The highest BCUT2D eigenvalue weighted by atomic mass is 19.4. The lowest BCUT2D eigenvalue weighted by atomic mass is 9.75. The van der Waals surface area contributed by atoms with E-state index in [0.29, 0.717) is 42.6 Å². The smallest absolute Gasteiger partial charge is 0.435 e. The average molecular weight is 524 g/mol. The van der Waals surface area contributed by atoms with Crippen LogP contribution in [0.3, 0.4) is 0 Å². The van der Waals surface area contributed by atoms with Crippen LogP contribution in [0.2, 0.25) is 0 Å². The van der Waals surface area contributed by atoms with Crippen molar-refractivity contribution in [2.75, 3.05) is 11.9 Å². The molecule has 2 aromatic rings. The summed E-state index contributed by atoms with van der Waals surface area (Å²) in [6.45, 7) is 3.49. The molecule has 1 saturated carbocycles. The first kappa shape index (κ1) is 27.1. The van der Waals surface area contributed by atoms with E-state index in [1.165, 1.54) is 16.8 Å². The second-order valence-electron chi connectivity index (χ2n) is 10.5. The number of nitrogens with one attached hydrogen (secondary N) is 1. The second-order valence-corrected chi connectivity index (χ2v) is 10.5. The summed E-state index contributed by atoms with van der Waals surface area (Å²) in [7, 11) is 0. The quantitative estimate of drug-likeness (QED) is 0.334. The highest BCUT2D eigenvalue weighted by Gasteiger charge is 2.45. The van der Waals surface area contributed by atoms with Crippen molar-refractivity contribution in [3.63, 3.8) is 0 Å². The molecule has 1 fully saturated rings. The second kappa shape index (κ2) is 10.1. The number of ether oxygens (including phenoxy) is 1. The van der Waals surface area contributed by atoms with E-state index >= 15 is 0 Å². The largest absolute Gasteiger partial charge is 0.461 e. The predicted octanol–water partition coefficient (Wildman–Crippen LogP) is 3.22. The number of fused-ring (bicyclic) bond motifs is 1. The number of carbonyl (C=O) groups is 2. The Bertz CT molecular complexity index is 1180. The molecule has 1 unspecified atom stereocenters. The average Bonchev–Trinajstić information content (AvgIpc) is 3.19. The fraction of sp³-hybridized carbons (Fsp3) is 0.560. The number of aliphatic hydroxyl groups excluding tert-OH is 1. The van der Waals surface area contributed by atoms with Gasteiger partial charge in [-0.2, -0.15) is 18.3 Å². The lowest BCUT2D eigenvalue weighted by Crippen LogP contribution is -2.33. The molecule has 0 amide bonds. The SMILES string of the molecule is CC1(C)CC(=O)c2c(C(F)(F)F)nn(-c3ccc(C(N)O)c(N[C@H]4CC[C@H](OC(=O)CN)CC4)c3)c2C1. The number of anilines is 1. The Hall–Kier alpha value is -2.96. The molecule has 37 heavy (non-hydrogen) atoms. The zero-order chi connectivity index (χ0) is 27.1. The Kier molecular flexibility index (Phi) is 7.37. The minimum absolute atomic E-state index is 0.00312. The normalized spacial score (nSPS) is 22.3. The van der Waals surface area contributed by atoms with Crippen molar-refractivity contribution in [3.8, 4) is 5.69 Å². The third kappa shape index (κ3) is 5.81. The van der Waals surface area contributed by atoms with E-state index < -0.39 is 35.3 Å². The molecule has 0 bridgehead atoms. The highest BCUT2D eigenvalue weighted by Crippen LogP contribution is 2.42. The fourth-order valence-corrected chi connectivity index (χ4v) is 5.20. The standard InChI is InChI=1S/C25H32F3N5O4/c1-24(2)10-18-21(19(34)11-24)22(25(26,27)28)32-33(18)14-5-8-16(23(30)36)17(9-14)31-13-3-6-15(7-4-13)37-20(35)12-29/h5,8-9,13,15,23,31,36H,3-4,6-7,10-12,29-30H2,1-2H3/t13-,15-,23?. The van der Waals surface area contributed by atoms with Gasteiger partial charge in [-0.3, -0.25) is 9.59 Å². The molecular formula is C25H32F3N5O4. The van der Waals surface area contributed by atoms with Crippen molar-refractivity contribution in [3.05, 3.63) is 40.7 Å². The topological polar surface area (TPSA) is 145 Å². The van der Waals surface area contributed by atoms with Gasteiger partial charge in [0, 0.05) is 23.7 Å². The minimum Gasteiger partial charge on any atom is -0.461 e. The Labute approximate surface area is 212 Å². The van der Waals surface area contributed by atoms with Gasteiger partial charge in [-0.05, 0) is 49.7 Å².